The van der Waals surface area contributed by atoms with Gasteiger partial charge in [-0.25, -0.2) is 4.98 Å². The van der Waals surface area contributed by atoms with Crippen molar-refractivity contribution in [3.63, 3.8) is 0 Å². The normalized spacial score (nSPS) is 14.4. The molecule has 3 rings (SSSR count). The highest BCUT2D eigenvalue weighted by Crippen LogP contribution is 2.35. The Labute approximate surface area is 134 Å². The summed E-state index contributed by atoms with van der Waals surface area (Å²) in [6.07, 6.45) is 2.22. The molecule has 0 aliphatic carbocycles. The maximum atomic E-state index is 6.41. The van der Waals surface area contributed by atoms with Gasteiger partial charge in [0.1, 0.15) is 5.82 Å². The van der Waals surface area contributed by atoms with E-state index in [0.29, 0.717) is 6.04 Å². The average molecular weight is 319 g/mol. The number of aromatic nitrogens is 2. The van der Waals surface area contributed by atoms with Gasteiger partial charge in [0.25, 0.3) is 0 Å². The van der Waals surface area contributed by atoms with Crippen LogP contribution in [0.3, 0.4) is 0 Å². The molecular weight excluding hydrogens is 300 g/mol. The number of thiophene rings is 1. The van der Waals surface area contributed by atoms with Crippen molar-refractivity contribution < 1.29 is 0 Å². The first kappa shape index (κ1) is 14.6. The van der Waals surface area contributed by atoms with E-state index in [1.54, 1.807) is 11.3 Å². The first-order chi connectivity index (χ1) is 10.2. The molecule has 0 fully saturated rings. The van der Waals surface area contributed by atoms with E-state index < -0.39 is 0 Å². The molecule has 0 amide bonds. The predicted octanol–water partition coefficient (Wildman–Crippen LogP) is 5.79. The summed E-state index contributed by atoms with van der Waals surface area (Å²) < 4.78 is 2.34. The lowest BCUT2D eigenvalue weighted by Crippen LogP contribution is -2.13. The molecule has 21 heavy (non-hydrogen) atoms. The van der Waals surface area contributed by atoms with Gasteiger partial charge in [0.2, 0.25) is 0 Å². The maximum Gasteiger partial charge on any atom is 0.128 e. The molecule has 110 valence electrons. The van der Waals surface area contributed by atoms with Gasteiger partial charge in [0.15, 0.2) is 0 Å². The SMILES string of the molecule is CCCC(c1cccs1)n1c(C(C)Cl)nc2ccccc21. The van der Waals surface area contributed by atoms with Crippen LogP contribution in [0.5, 0.6) is 0 Å². The van der Waals surface area contributed by atoms with E-state index in [9.17, 15) is 0 Å². The summed E-state index contributed by atoms with van der Waals surface area (Å²) in [4.78, 5) is 6.13. The third-order valence-corrected chi connectivity index (χ3v) is 4.89. The topological polar surface area (TPSA) is 17.8 Å². The molecular formula is C17H19ClN2S. The number of alkyl halides is 1. The first-order valence-electron chi connectivity index (χ1n) is 7.36. The lowest BCUT2D eigenvalue weighted by Gasteiger charge is -2.21. The van der Waals surface area contributed by atoms with Crippen molar-refractivity contribution in [3.05, 3.63) is 52.5 Å². The van der Waals surface area contributed by atoms with Crippen molar-refractivity contribution in [2.45, 2.75) is 38.1 Å². The van der Waals surface area contributed by atoms with E-state index >= 15 is 0 Å². The van der Waals surface area contributed by atoms with Crippen LogP contribution in [0, 0.1) is 0 Å². The highest BCUT2D eigenvalue weighted by Gasteiger charge is 2.22. The zero-order valence-electron chi connectivity index (χ0n) is 12.3. The first-order valence-corrected chi connectivity index (χ1v) is 8.68. The van der Waals surface area contributed by atoms with Crippen LogP contribution >= 0.6 is 22.9 Å². The largest absolute Gasteiger partial charge is 0.318 e. The Morgan fingerprint density at radius 2 is 2.05 bits per heavy atom. The van der Waals surface area contributed by atoms with Gasteiger partial charge in [-0.15, -0.1) is 22.9 Å². The Hall–Kier alpha value is -1.32. The van der Waals surface area contributed by atoms with Crippen LogP contribution in [0.15, 0.2) is 41.8 Å². The highest BCUT2D eigenvalue weighted by molar-refractivity contribution is 7.10. The second-order valence-electron chi connectivity index (χ2n) is 5.26. The van der Waals surface area contributed by atoms with Crippen LogP contribution in [-0.4, -0.2) is 9.55 Å². The van der Waals surface area contributed by atoms with Gasteiger partial charge in [0, 0.05) is 4.88 Å². The van der Waals surface area contributed by atoms with Crippen molar-refractivity contribution in [3.8, 4) is 0 Å². The zero-order chi connectivity index (χ0) is 14.8. The lowest BCUT2D eigenvalue weighted by molar-refractivity contribution is 0.532. The Morgan fingerprint density at radius 3 is 2.71 bits per heavy atom. The highest BCUT2D eigenvalue weighted by atomic mass is 35.5. The van der Waals surface area contributed by atoms with Crippen molar-refractivity contribution >= 4 is 34.0 Å². The molecule has 0 bridgehead atoms. The predicted molar refractivity (Wildman–Crippen MR) is 91.4 cm³/mol. The van der Waals surface area contributed by atoms with Gasteiger partial charge in [-0.05, 0) is 36.9 Å². The minimum atomic E-state index is -0.100. The van der Waals surface area contributed by atoms with Crippen LogP contribution in [0.1, 0.15) is 48.8 Å². The third kappa shape index (κ3) is 2.72. The minimum Gasteiger partial charge on any atom is -0.318 e. The van der Waals surface area contributed by atoms with Gasteiger partial charge in [-0.2, -0.15) is 0 Å². The van der Waals surface area contributed by atoms with E-state index in [0.717, 1.165) is 24.2 Å². The van der Waals surface area contributed by atoms with Crippen LogP contribution < -0.4 is 0 Å². The summed E-state index contributed by atoms with van der Waals surface area (Å²) in [6.45, 7) is 4.22. The second kappa shape index (κ2) is 6.20. The summed E-state index contributed by atoms with van der Waals surface area (Å²) in [6, 6.07) is 12.9. The fourth-order valence-electron chi connectivity index (χ4n) is 2.82. The van der Waals surface area contributed by atoms with Gasteiger partial charge in [-0.3, -0.25) is 0 Å². The molecule has 0 spiro atoms. The minimum absolute atomic E-state index is 0.100. The third-order valence-electron chi connectivity index (χ3n) is 3.72. The van der Waals surface area contributed by atoms with Gasteiger partial charge < -0.3 is 4.57 Å². The molecule has 0 radical (unpaired) electrons. The van der Waals surface area contributed by atoms with E-state index in [-0.39, 0.29) is 5.38 Å². The molecule has 3 aromatic rings. The molecule has 2 nitrogen and oxygen atoms in total. The monoisotopic (exact) mass is 318 g/mol. The van der Waals surface area contributed by atoms with Crippen molar-refractivity contribution in [1.82, 2.24) is 9.55 Å². The number of halogens is 1. The van der Waals surface area contributed by atoms with Crippen LogP contribution in [-0.2, 0) is 0 Å². The van der Waals surface area contributed by atoms with Crippen LogP contribution in [0.4, 0.5) is 0 Å². The number of benzene rings is 1. The number of nitrogens with zero attached hydrogens (tertiary/aromatic N) is 2. The summed E-state index contributed by atoms with van der Waals surface area (Å²) in [5, 5.41) is 2.04. The number of fused-ring (bicyclic) bond motifs is 1. The second-order valence-corrected chi connectivity index (χ2v) is 6.90. The standard InChI is InChI=1S/C17H19ClN2S/c1-3-7-15(16-10-6-11-21-16)20-14-9-5-4-8-13(14)19-17(20)12(2)18/h4-6,8-12,15H,3,7H2,1-2H3. The fourth-order valence-corrected chi connectivity index (χ4v) is 3.83. The van der Waals surface area contributed by atoms with Crippen molar-refractivity contribution in [2.75, 3.05) is 0 Å². The van der Waals surface area contributed by atoms with E-state index in [1.165, 1.54) is 10.4 Å². The van der Waals surface area contributed by atoms with E-state index in [4.69, 9.17) is 16.6 Å². The number of imidazole rings is 1. The molecule has 0 aliphatic rings. The molecule has 2 heterocycles. The van der Waals surface area contributed by atoms with Crippen molar-refractivity contribution in [2.24, 2.45) is 0 Å². The van der Waals surface area contributed by atoms with Gasteiger partial charge in [0.05, 0.1) is 22.5 Å². The smallest absolute Gasteiger partial charge is 0.128 e. The molecule has 0 aliphatic heterocycles. The summed E-state index contributed by atoms with van der Waals surface area (Å²) in [5.74, 6) is 0.963. The molecule has 2 aromatic heterocycles. The zero-order valence-corrected chi connectivity index (χ0v) is 13.9. The number of hydrogen-bond acceptors (Lipinski definition) is 2. The molecule has 1 aromatic carbocycles. The summed E-state index contributed by atoms with van der Waals surface area (Å²) in [5.41, 5.74) is 2.20. The average Bonchev–Trinajstić information content (AvgIpc) is 3.12. The number of hydrogen-bond donors (Lipinski definition) is 0. The van der Waals surface area contributed by atoms with Crippen LogP contribution in [0.2, 0.25) is 0 Å². The lowest BCUT2D eigenvalue weighted by atomic mass is 10.1. The Kier molecular flexibility index (Phi) is 4.32. The molecule has 2 unspecified atom stereocenters. The number of para-hydroxylation sites is 2. The van der Waals surface area contributed by atoms with Crippen molar-refractivity contribution in [1.29, 1.82) is 0 Å². The maximum absolute atomic E-state index is 6.41. The van der Waals surface area contributed by atoms with E-state index in [2.05, 4.69) is 47.2 Å². The summed E-state index contributed by atoms with van der Waals surface area (Å²) in [7, 11) is 0. The Balaban J connectivity index is 2.22. The summed E-state index contributed by atoms with van der Waals surface area (Å²) >= 11 is 8.21. The number of rotatable bonds is 5. The molecule has 2 atom stereocenters. The molecule has 4 heteroatoms. The van der Waals surface area contributed by atoms with Crippen LogP contribution in [0.25, 0.3) is 11.0 Å². The Morgan fingerprint density at radius 1 is 1.24 bits per heavy atom. The Bertz CT molecular complexity index is 716. The van der Waals surface area contributed by atoms with Gasteiger partial charge >= 0.3 is 0 Å². The molecule has 0 saturated heterocycles. The molecule has 0 saturated carbocycles. The van der Waals surface area contributed by atoms with Gasteiger partial charge in [-0.1, -0.05) is 31.5 Å². The fraction of sp³-hybridized carbons (Fsp3) is 0.353. The van der Waals surface area contributed by atoms with E-state index in [1.807, 2.05) is 13.0 Å². The molecule has 0 N–H and O–H groups in total. The quantitative estimate of drug-likeness (QED) is 0.545.